The van der Waals surface area contributed by atoms with Crippen molar-refractivity contribution in [3.63, 3.8) is 0 Å². The summed E-state index contributed by atoms with van der Waals surface area (Å²) in [5.41, 5.74) is 3.77. The van der Waals surface area contributed by atoms with E-state index < -0.39 is 18.1 Å². The molecule has 14 heavy (non-hydrogen) atoms. The van der Waals surface area contributed by atoms with E-state index in [1.54, 1.807) is 0 Å². The quantitative estimate of drug-likeness (QED) is 0.529. The standard InChI is InChI=1S/C9H11NO4/c10-9(5-11,8(13)14)6-2-1-3-7(12)4-6/h1-4,11-12H,5,10H2,(H,13,14)/t9-/m1/s1. The predicted octanol–water partition coefficient (Wildman–Crippen LogP) is -0.377. The molecular weight excluding hydrogens is 186 g/mol. The molecule has 76 valence electrons. The average molecular weight is 197 g/mol. The maximum absolute atomic E-state index is 10.8. The molecule has 0 unspecified atom stereocenters. The summed E-state index contributed by atoms with van der Waals surface area (Å²) in [6, 6.07) is 5.50. The van der Waals surface area contributed by atoms with Crippen LogP contribution >= 0.6 is 0 Å². The largest absolute Gasteiger partial charge is 0.508 e. The van der Waals surface area contributed by atoms with Crippen molar-refractivity contribution in [1.29, 1.82) is 0 Å². The van der Waals surface area contributed by atoms with Gasteiger partial charge in [0.05, 0.1) is 6.61 Å². The number of aliphatic hydroxyl groups excluding tert-OH is 1. The summed E-state index contributed by atoms with van der Waals surface area (Å²) in [7, 11) is 0. The van der Waals surface area contributed by atoms with Crippen molar-refractivity contribution in [3.05, 3.63) is 29.8 Å². The number of carboxylic acid groups (broad SMARTS) is 1. The number of aliphatic hydroxyl groups is 1. The van der Waals surface area contributed by atoms with Gasteiger partial charge in [0.2, 0.25) is 0 Å². The minimum Gasteiger partial charge on any atom is -0.508 e. The number of rotatable bonds is 3. The van der Waals surface area contributed by atoms with E-state index in [1.165, 1.54) is 24.3 Å². The van der Waals surface area contributed by atoms with Crippen molar-refractivity contribution in [3.8, 4) is 5.75 Å². The van der Waals surface area contributed by atoms with Crippen LogP contribution in [0.5, 0.6) is 5.75 Å². The second-order valence-electron chi connectivity index (χ2n) is 2.98. The van der Waals surface area contributed by atoms with E-state index in [0.29, 0.717) is 0 Å². The Labute approximate surface area is 80.4 Å². The van der Waals surface area contributed by atoms with Gasteiger partial charge in [-0.1, -0.05) is 12.1 Å². The Morgan fingerprint density at radius 1 is 1.50 bits per heavy atom. The van der Waals surface area contributed by atoms with Gasteiger partial charge in [-0.2, -0.15) is 0 Å². The van der Waals surface area contributed by atoms with Crippen molar-refractivity contribution in [2.75, 3.05) is 6.61 Å². The molecule has 0 heterocycles. The molecule has 0 aliphatic heterocycles. The maximum Gasteiger partial charge on any atom is 0.330 e. The van der Waals surface area contributed by atoms with Crippen LogP contribution in [0.3, 0.4) is 0 Å². The summed E-state index contributed by atoms with van der Waals surface area (Å²) in [6.07, 6.45) is 0. The van der Waals surface area contributed by atoms with Crippen LogP contribution in [0.2, 0.25) is 0 Å². The Morgan fingerprint density at radius 3 is 2.57 bits per heavy atom. The number of carbonyl (C=O) groups is 1. The monoisotopic (exact) mass is 197 g/mol. The van der Waals surface area contributed by atoms with Gasteiger partial charge in [0.15, 0.2) is 5.54 Å². The number of nitrogens with two attached hydrogens (primary N) is 1. The molecule has 5 heteroatoms. The van der Waals surface area contributed by atoms with Crippen molar-refractivity contribution >= 4 is 5.97 Å². The first kappa shape index (κ1) is 10.5. The fourth-order valence-electron chi connectivity index (χ4n) is 1.07. The van der Waals surface area contributed by atoms with Gasteiger partial charge < -0.3 is 21.1 Å². The molecule has 0 spiro atoms. The van der Waals surface area contributed by atoms with Gasteiger partial charge in [-0.3, -0.25) is 0 Å². The van der Waals surface area contributed by atoms with Crippen LogP contribution in [0.1, 0.15) is 5.56 Å². The highest BCUT2D eigenvalue weighted by molar-refractivity contribution is 5.80. The van der Waals surface area contributed by atoms with E-state index in [1.807, 2.05) is 0 Å². The Balaban J connectivity index is 3.19. The minimum absolute atomic E-state index is 0.0907. The minimum atomic E-state index is -1.86. The molecule has 1 aromatic rings. The van der Waals surface area contributed by atoms with Gasteiger partial charge in [-0.25, -0.2) is 4.79 Å². The lowest BCUT2D eigenvalue weighted by atomic mass is 9.92. The van der Waals surface area contributed by atoms with Gasteiger partial charge in [-0.15, -0.1) is 0 Å². The van der Waals surface area contributed by atoms with Crippen molar-refractivity contribution in [1.82, 2.24) is 0 Å². The van der Waals surface area contributed by atoms with Crippen molar-refractivity contribution in [2.45, 2.75) is 5.54 Å². The molecule has 5 nitrogen and oxygen atoms in total. The topological polar surface area (TPSA) is 104 Å². The first-order valence-corrected chi connectivity index (χ1v) is 3.93. The lowest BCUT2D eigenvalue weighted by Crippen LogP contribution is -2.48. The van der Waals surface area contributed by atoms with Gasteiger partial charge in [0, 0.05) is 0 Å². The van der Waals surface area contributed by atoms with Gasteiger partial charge >= 0.3 is 5.97 Å². The predicted molar refractivity (Wildman–Crippen MR) is 48.7 cm³/mol. The summed E-state index contributed by atoms with van der Waals surface area (Å²) in [5.74, 6) is -1.43. The summed E-state index contributed by atoms with van der Waals surface area (Å²) < 4.78 is 0. The fraction of sp³-hybridized carbons (Fsp3) is 0.222. The van der Waals surface area contributed by atoms with E-state index in [2.05, 4.69) is 0 Å². The molecule has 0 amide bonds. The zero-order chi connectivity index (χ0) is 10.8. The Bertz CT molecular complexity index is 352. The highest BCUT2D eigenvalue weighted by atomic mass is 16.4. The third-order valence-electron chi connectivity index (χ3n) is 1.99. The first-order chi connectivity index (χ1) is 6.50. The van der Waals surface area contributed by atoms with E-state index in [-0.39, 0.29) is 11.3 Å². The highest BCUT2D eigenvalue weighted by Crippen LogP contribution is 2.21. The second kappa shape index (κ2) is 3.65. The number of aromatic hydroxyl groups is 1. The van der Waals surface area contributed by atoms with E-state index in [0.717, 1.165) is 0 Å². The normalized spacial score (nSPS) is 14.7. The number of hydrogen-bond acceptors (Lipinski definition) is 4. The molecule has 0 radical (unpaired) electrons. The highest BCUT2D eigenvalue weighted by Gasteiger charge is 2.35. The van der Waals surface area contributed by atoms with E-state index >= 15 is 0 Å². The number of phenolic OH excluding ortho intramolecular Hbond substituents is 1. The lowest BCUT2D eigenvalue weighted by Gasteiger charge is -2.22. The number of phenols is 1. The number of carboxylic acids is 1. The van der Waals surface area contributed by atoms with E-state index in [9.17, 15) is 4.79 Å². The smallest absolute Gasteiger partial charge is 0.330 e. The third kappa shape index (κ3) is 1.68. The molecule has 1 atom stereocenters. The van der Waals surface area contributed by atoms with E-state index in [4.69, 9.17) is 21.1 Å². The first-order valence-electron chi connectivity index (χ1n) is 3.93. The number of aliphatic carboxylic acids is 1. The zero-order valence-corrected chi connectivity index (χ0v) is 7.34. The average Bonchev–Trinajstić information content (AvgIpc) is 2.16. The Morgan fingerprint density at radius 2 is 2.14 bits per heavy atom. The zero-order valence-electron chi connectivity index (χ0n) is 7.34. The molecule has 0 aromatic heterocycles. The Hall–Kier alpha value is -1.59. The maximum atomic E-state index is 10.8. The van der Waals surface area contributed by atoms with Crippen LogP contribution in [0.15, 0.2) is 24.3 Å². The van der Waals surface area contributed by atoms with Gasteiger partial charge in [0.1, 0.15) is 5.75 Å². The van der Waals surface area contributed by atoms with Gasteiger partial charge in [-0.05, 0) is 17.7 Å². The molecule has 5 N–H and O–H groups in total. The van der Waals surface area contributed by atoms with Crippen LogP contribution in [-0.4, -0.2) is 27.9 Å². The van der Waals surface area contributed by atoms with Crippen LogP contribution in [-0.2, 0) is 10.3 Å². The molecule has 0 aliphatic rings. The Kier molecular flexibility index (Phi) is 2.73. The summed E-state index contributed by atoms with van der Waals surface area (Å²) in [6.45, 7) is -0.730. The second-order valence-corrected chi connectivity index (χ2v) is 2.98. The summed E-state index contributed by atoms with van der Waals surface area (Å²) >= 11 is 0. The molecular formula is C9H11NO4. The molecule has 0 bridgehead atoms. The van der Waals surface area contributed by atoms with Crippen molar-refractivity contribution in [2.24, 2.45) is 5.73 Å². The summed E-state index contributed by atoms with van der Waals surface area (Å²) in [4.78, 5) is 10.8. The molecule has 0 fully saturated rings. The number of benzene rings is 1. The van der Waals surface area contributed by atoms with Crippen LogP contribution < -0.4 is 5.73 Å². The van der Waals surface area contributed by atoms with Crippen LogP contribution in [0, 0.1) is 0 Å². The van der Waals surface area contributed by atoms with Gasteiger partial charge in [0.25, 0.3) is 0 Å². The van der Waals surface area contributed by atoms with Crippen molar-refractivity contribution < 1.29 is 20.1 Å². The fourth-order valence-corrected chi connectivity index (χ4v) is 1.07. The molecule has 0 saturated heterocycles. The molecule has 1 rings (SSSR count). The molecule has 0 saturated carbocycles. The number of hydrogen-bond donors (Lipinski definition) is 4. The van der Waals surface area contributed by atoms with Crippen LogP contribution in [0.4, 0.5) is 0 Å². The van der Waals surface area contributed by atoms with Crippen LogP contribution in [0.25, 0.3) is 0 Å². The SMILES string of the molecule is N[C@@](CO)(C(=O)O)c1cccc(O)c1. The molecule has 1 aromatic carbocycles. The lowest BCUT2D eigenvalue weighted by molar-refractivity contribution is -0.145. The summed E-state index contributed by atoms with van der Waals surface area (Å²) in [5, 5.41) is 26.8. The third-order valence-corrected chi connectivity index (χ3v) is 1.99. The molecule has 0 aliphatic carbocycles.